The summed E-state index contributed by atoms with van der Waals surface area (Å²) in [6.07, 6.45) is 4.14. The number of esters is 1. The maximum absolute atomic E-state index is 11.9. The molecule has 2 atom stereocenters. The van der Waals surface area contributed by atoms with Crippen LogP contribution >= 0.6 is 0 Å². The Morgan fingerprint density at radius 3 is 2.74 bits per heavy atom. The highest BCUT2D eigenvalue weighted by molar-refractivity contribution is 7.84. The standard InChI is InChI=1S/C13H15N3O6S/c1-22-13(20)8-6-16(5-7-10(8)14-15-11(7)17)9(12(18)19)3-4-23(2)21/h5-6,9H,3-4H2,1-2H3,(H,15,17)(H,18,19)/t9-,23+/m0/s1. The van der Waals surface area contributed by atoms with E-state index in [0.717, 1.165) is 0 Å². The van der Waals surface area contributed by atoms with Crippen LogP contribution < -0.4 is 5.56 Å². The van der Waals surface area contributed by atoms with Crippen molar-refractivity contribution in [2.75, 3.05) is 19.1 Å². The minimum absolute atomic E-state index is 0.0211. The van der Waals surface area contributed by atoms with E-state index in [4.69, 9.17) is 0 Å². The number of methoxy groups -OCH3 is 1. The molecule has 0 bridgehead atoms. The lowest BCUT2D eigenvalue weighted by Gasteiger charge is -2.18. The van der Waals surface area contributed by atoms with Crippen molar-refractivity contribution >= 4 is 22.7 Å². The molecule has 2 N–H and O–H groups in total. The van der Waals surface area contributed by atoms with Crippen LogP contribution in [0.25, 0.3) is 11.3 Å². The molecule has 2 aliphatic heterocycles. The first-order valence-electron chi connectivity index (χ1n) is 6.56. The molecule has 0 unspecified atom stereocenters. The van der Waals surface area contributed by atoms with E-state index < -0.39 is 34.3 Å². The number of nitrogens with one attached hydrogen (secondary N) is 1. The number of fused-ring (bicyclic) bond motifs is 1. The monoisotopic (exact) mass is 341 g/mol. The number of carbonyl (C=O) groups excluding carboxylic acids is 1. The minimum Gasteiger partial charge on any atom is -0.480 e. The van der Waals surface area contributed by atoms with Crippen LogP contribution in [0.1, 0.15) is 22.8 Å². The SMILES string of the molecule is COC(=O)c1cn([C@@H](CC[S@@](C)=O)C(=O)O)cc2c(=O)[nH]nc1-2. The van der Waals surface area contributed by atoms with Gasteiger partial charge in [0.1, 0.15) is 17.3 Å². The van der Waals surface area contributed by atoms with Crippen molar-refractivity contribution < 1.29 is 23.6 Å². The average molecular weight is 341 g/mol. The first-order chi connectivity index (χ1) is 10.8. The Balaban J connectivity index is 2.58. The number of rotatable bonds is 6. The zero-order chi connectivity index (χ0) is 17.1. The van der Waals surface area contributed by atoms with Crippen molar-refractivity contribution in [2.24, 2.45) is 0 Å². The van der Waals surface area contributed by atoms with Gasteiger partial charge in [-0.1, -0.05) is 0 Å². The van der Waals surface area contributed by atoms with Crippen LogP contribution in [-0.4, -0.2) is 55.1 Å². The molecule has 9 nitrogen and oxygen atoms in total. The molecule has 2 aliphatic rings. The third kappa shape index (κ3) is 3.47. The minimum atomic E-state index is -1.16. The molecule has 0 aromatic rings. The Hall–Kier alpha value is -2.49. The number of hydrogen-bond acceptors (Lipinski definition) is 6. The van der Waals surface area contributed by atoms with Crippen LogP contribution in [0.2, 0.25) is 0 Å². The van der Waals surface area contributed by atoms with Crippen molar-refractivity contribution in [3.8, 4) is 11.3 Å². The van der Waals surface area contributed by atoms with Gasteiger partial charge in [0.2, 0.25) is 0 Å². The van der Waals surface area contributed by atoms with Gasteiger partial charge in [0, 0.05) is 35.2 Å². The van der Waals surface area contributed by atoms with Crippen LogP contribution in [-0.2, 0) is 20.3 Å². The molecule has 0 aromatic heterocycles. The van der Waals surface area contributed by atoms with E-state index in [0.29, 0.717) is 0 Å². The third-order valence-corrected chi connectivity index (χ3v) is 4.12. The Morgan fingerprint density at radius 1 is 1.48 bits per heavy atom. The topological polar surface area (TPSA) is 131 Å². The number of aliphatic carboxylic acids is 1. The number of ether oxygens (including phenoxy) is 1. The van der Waals surface area contributed by atoms with E-state index in [1.54, 1.807) is 0 Å². The lowest BCUT2D eigenvalue weighted by atomic mass is 10.1. The molecule has 124 valence electrons. The fraction of sp³-hybridized carbons (Fsp3) is 0.385. The quantitative estimate of drug-likeness (QED) is 0.699. The number of aromatic amines is 1. The fourth-order valence-corrected chi connectivity index (χ4v) is 2.73. The van der Waals surface area contributed by atoms with Crippen molar-refractivity contribution in [3.05, 3.63) is 28.3 Å². The van der Waals surface area contributed by atoms with Crippen LogP contribution in [0.4, 0.5) is 0 Å². The van der Waals surface area contributed by atoms with E-state index >= 15 is 0 Å². The van der Waals surface area contributed by atoms with Crippen LogP contribution in [0.15, 0.2) is 17.2 Å². The summed E-state index contributed by atoms with van der Waals surface area (Å²) in [6.45, 7) is 0. The third-order valence-electron chi connectivity index (χ3n) is 3.31. The van der Waals surface area contributed by atoms with Gasteiger partial charge < -0.3 is 14.4 Å². The van der Waals surface area contributed by atoms with Gasteiger partial charge in [-0.3, -0.25) is 9.00 Å². The molecule has 0 radical (unpaired) electrons. The summed E-state index contributed by atoms with van der Waals surface area (Å²) in [5.41, 5.74) is -0.368. The first kappa shape index (κ1) is 16.9. The number of pyridine rings is 1. The highest BCUT2D eigenvalue weighted by Crippen LogP contribution is 2.24. The van der Waals surface area contributed by atoms with Crippen LogP contribution in [0.3, 0.4) is 0 Å². The molecule has 0 saturated carbocycles. The summed E-state index contributed by atoms with van der Waals surface area (Å²) in [5.74, 6) is -1.73. The summed E-state index contributed by atoms with van der Waals surface area (Å²) in [5, 5.41) is 15.4. The molecule has 23 heavy (non-hydrogen) atoms. The molecule has 0 aliphatic carbocycles. The summed E-state index contributed by atoms with van der Waals surface area (Å²) in [6, 6.07) is -1.07. The van der Waals surface area contributed by atoms with Gasteiger partial charge in [-0.25, -0.2) is 14.7 Å². The van der Waals surface area contributed by atoms with Crippen molar-refractivity contribution in [3.63, 3.8) is 0 Å². The largest absolute Gasteiger partial charge is 0.480 e. The predicted octanol–water partition coefficient (Wildman–Crippen LogP) is -0.143. The molecular formula is C13H15N3O6S. The van der Waals surface area contributed by atoms with Gasteiger partial charge >= 0.3 is 11.9 Å². The smallest absolute Gasteiger partial charge is 0.341 e. The summed E-state index contributed by atoms with van der Waals surface area (Å²) in [7, 11) is 0.00732. The number of carbonyl (C=O) groups is 2. The van der Waals surface area contributed by atoms with Gasteiger partial charge in [0.25, 0.3) is 5.56 Å². The lowest BCUT2D eigenvalue weighted by molar-refractivity contribution is -0.141. The Kier molecular flexibility index (Phi) is 4.94. The van der Waals surface area contributed by atoms with Crippen LogP contribution in [0.5, 0.6) is 0 Å². The zero-order valence-electron chi connectivity index (χ0n) is 12.4. The number of carboxylic acid groups (broad SMARTS) is 1. The molecule has 0 amide bonds. The number of hydrogen-bond donors (Lipinski definition) is 2. The van der Waals surface area contributed by atoms with Crippen molar-refractivity contribution in [1.29, 1.82) is 0 Å². The molecule has 0 saturated heterocycles. The lowest BCUT2D eigenvalue weighted by Crippen LogP contribution is -2.23. The molecule has 0 spiro atoms. The molecule has 0 aromatic carbocycles. The molecule has 10 heteroatoms. The van der Waals surface area contributed by atoms with Gasteiger partial charge in [0.05, 0.1) is 12.7 Å². The second-order valence-electron chi connectivity index (χ2n) is 4.85. The van der Waals surface area contributed by atoms with Gasteiger partial charge in [-0.15, -0.1) is 0 Å². The maximum atomic E-state index is 11.9. The van der Waals surface area contributed by atoms with E-state index in [9.17, 15) is 23.7 Å². The van der Waals surface area contributed by atoms with Gasteiger partial charge in [0.15, 0.2) is 0 Å². The Labute approximate surface area is 133 Å². The summed E-state index contributed by atoms with van der Waals surface area (Å²) in [4.78, 5) is 35.1. The van der Waals surface area contributed by atoms with Gasteiger partial charge in [-0.05, 0) is 6.42 Å². The highest BCUT2D eigenvalue weighted by atomic mass is 32.2. The van der Waals surface area contributed by atoms with E-state index in [2.05, 4.69) is 14.9 Å². The normalized spacial score (nSPS) is 13.7. The second-order valence-corrected chi connectivity index (χ2v) is 6.40. The summed E-state index contributed by atoms with van der Waals surface area (Å²) < 4.78 is 17.1. The number of nitrogens with zero attached hydrogens (tertiary/aromatic N) is 2. The molecular weight excluding hydrogens is 326 g/mol. The summed E-state index contributed by atoms with van der Waals surface area (Å²) >= 11 is 0. The number of aromatic nitrogens is 3. The van der Waals surface area contributed by atoms with Crippen LogP contribution in [0, 0.1) is 0 Å². The molecule has 0 fully saturated rings. The maximum Gasteiger partial charge on any atom is 0.341 e. The molecule has 2 rings (SSSR count). The van der Waals surface area contributed by atoms with E-state index in [1.807, 2.05) is 0 Å². The average Bonchev–Trinajstić information content (AvgIpc) is 2.87. The van der Waals surface area contributed by atoms with Crippen molar-refractivity contribution in [1.82, 2.24) is 14.8 Å². The first-order valence-corrected chi connectivity index (χ1v) is 8.29. The zero-order valence-corrected chi connectivity index (χ0v) is 13.3. The van der Waals surface area contributed by atoms with E-state index in [1.165, 1.54) is 30.3 Å². The second kappa shape index (κ2) is 6.73. The Morgan fingerprint density at radius 2 is 2.17 bits per heavy atom. The van der Waals surface area contributed by atoms with E-state index in [-0.39, 0.29) is 29.0 Å². The van der Waals surface area contributed by atoms with Gasteiger partial charge in [-0.2, -0.15) is 5.10 Å². The molecule has 2 heterocycles. The fourth-order valence-electron chi connectivity index (χ4n) is 2.17. The predicted molar refractivity (Wildman–Crippen MR) is 81.0 cm³/mol. The highest BCUT2D eigenvalue weighted by Gasteiger charge is 2.26. The number of H-pyrrole nitrogens is 1. The Bertz CT molecular complexity index is 795. The van der Waals surface area contributed by atoms with Crippen molar-refractivity contribution in [2.45, 2.75) is 12.5 Å². The number of carboxylic acids is 1.